The molecule has 7 heteroatoms. The predicted octanol–water partition coefficient (Wildman–Crippen LogP) is 1.94. The normalized spacial score (nSPS) is 10.3. The zero-order valence-electron chi connectivity index (χ0n) is 11.1. The summed E-state index contributed by atoms with van der Waals surface area (Å²) in [6.45, 7) is 0.680. The number of aryl methyl sites for hydroxylation is 1. The van der Waals surface area contributed by atoms with E-state index in [1.165, 1.54) is 17.1 Å². The second kappa shape index (κ2) is 6.90. The van der Waals surface area contributed by atoms with E-state index < -0.39 is 5.97 Å². The van der Waals surface area contributed by atoms with Crippen LogP contribution in [-0.4, -0.2) is 26.8 Å². The second-order valence-corrected chi connectivity index (χ2v) is 4.82. The van der Waals surface area contributed by atoms with E-state index in [1.807, 2.05) is 18.2 Å². The van der Waals surface area contributed by atoms with Crippen LogP contribution in [0.4, 0.5) is 0 Å². The average Bonchev–Trinajstić information content (AvgIpc) is 2.93. The number of benzene rings is 1. The number of carbonyl (C=O) groups excluding carboxylic acids is 1. The zero-order valence-corrected chi connectivity index (χ0v) is 11.9. The molecular formula is C14H14ClN3O3. The highest BCUT2D eigenvalue weighted by molar-refractivity contribution is 6.31. The second-order valence-electron chi connectivity index (χ2n) is 4.42. The number of aromatic nitrogens is 2. The molecule has 0 saturated heterocycles. The van der Waals surface area contributed by atoms with Gasteiger partial charge in [-0.15, -0.1) is 0 Å². The molecule has 1 aromatic heterocycles. The number of nitrogens with one attached hydrogen (secondary N) is 1. The first-order valence-electron chi connectivity index (χ1n) is 6.32. The zero-order chi connectivity index (χ0) is 15.2. The summed E-state index contributed by atoms with van der Waals surface area (Å²) in [6.07, 6.45) is 2.86. The molecule has 0 saturated carbocycles. The quantitative estimate of drug-likeness (QED) is 0.854. The van der Waals surface area contributed by atoms with Crippen LogP contribution < -0.4 is 5.32 Å². The van der Waals surface area contributed by atoms with Crippen LogP contribution in [0, 0.1) is 0 Å². The van der Waals surface area contributed by atoms with E-state index in [-0.39, 0.29) is 17.9 Å². The molecule has 0 aliphatic heterocycles. The molecular weight excluding hydrogens is 294 g/mol. The first-order chi connectivity index (χ1) is 10.1. The lowest BCUT2D eigenvalue weighted by atomic mass is 10.2. The first kappa shape index (κ1) is 15.1. The van der Waals surface area contributed by atoms with Gasteiger partial charge in [-0.2, -0.15) is 5.10 Å². The first-order valence-corrected chi connectivity index (χ1v) is 6.70. The number of aromatic carboxylic acids is 1. The highest BCUT2D eigenvalue weighted by Crippen LogP contribution is 2.14. The molecule has 6 nitrogen and oxygen atoms in total. The van der Waals surface area contributed by atoms with E-state index in [0.29, 0.717) is 18.1 Å². The van der Waals surface area contributed by atoms with Crippen molar-refractivity contribution in [1.29, 1.82) is 0 Å². The van der Waals surface area contributed by atoms with Crippen molar-refractivity contribution < 1.29 is 14.7 Å². The fourth-order valence-corrected chi connectivity index (χ4v) is 1.94. The number of halogens is 1. The Morgan fingerprint density at radius 1 is 1.33 bits per heavy atom. The van der Waals surface area contributed by atoms with Crippen LogP contribution in [0.5, 0.6) is 0 Å². The molecule has 1 heterocycles. The third-order valence-electron chi connectivity index (χ3n) is 2.88. The average molecular weight is 308 g/mol. The van der Waals surface area contributed by atoms with Crippen LogP contribution in [0.3, 0.4) is 0 Å². The SMILES string of the molecule is O=C(CCn1cc(C(=O)O)cn1)NCc1ccccc1Cl. The summed E-state index contributed by atoms with van der Waals surface area (Å²) in [5, 5.41) is 16.0. The van der Waals surface area contributed by atoms with Gasteiger partial charge in [0.15, 0.2) is 0 Å². The molecule has 0 bridgehead atoms. The predicted molar refractivity (Wildman–Crippen MR) is 77.1 cm³/mol. The van der Waals surface area contributed by atoms with E-state index in [9.17, 15) is 9.59 Å². The van der Waals surface area contributed by atoms with Crippen molar-refractivity contribution in [3.63, 3.8) is 0 Å². The van der Waals surface area contributed by atoms with E-state index in [2.05, 4.69) is 10.4 Å². The van der Waals surface area contributed by atoms with Crippen LogP contribution in [0.25, 0.3) is 0 Å². The Bertz CT molecular complexity index is 654. The maximum Gasteiger partial charge on any atom is 0.338 e. The Morgan fingerprint density at radius 2 is 2.10 bits per heavy atom. The molecule has 0 fully saturated rings. The summed E-state index contributed by atoms with van der Waals surface area (Å²) in [7, 11) is 0. The Morgan fingerprint density at radius 3 is 2.76 bits per heavy atom. The summed E-state index contributed by atoms with van der Waals surface area (Å²) in [6, 6.07) is 7.28. The van der Waals surface area contributed by atoms with Crippen LogP contribution in [-0.2, 0) is 17.9 Å². The van der Waals surface area contributed by atoms with Crippen molar-refractivity contribution in [2.24, 2.45) is 0 Å². The lowest BCUT2D eigenvalue weighted by molar-refractivity contribution is -0.121. The van der Waals surface area contributed by atoms with Gasteiger partial charge in [0.1, 0.15) is 0 Å². The molecule has 110 valence electrons. The van der Waals surface area contributed by atoms with Gasteiger partial charge in [0, 0.05) is 30.7 Å². The maximum absolute atomic E-state index is 11.7. The number of rotatable bonds is 6. The van der Waals surface area contributed by atoms with Crippen molar-refractivity contribution in [3.8, 4) is 0 Å². The van der Waals surface area contributed by atoms with Gasteiger partial charge in [0.25, 0.3) is 0 Å². The third kappa shape index (κ3) is 4.32. The number of nitrogens with zero attached hydrogens (tertiary/aromatic N) is 2. The molecule has 0 aliphatic rings. The van der Waals surface area contributed by atoms with Crippen molar-refractivity contribution >= 4 is 23.5 Å². The molecule has 2 aromatic rings. The summed E-state index contributed by atoms with van der Waals surface area (Å²) in [5.74, 6) is -1.19. The lowest BCUT2D eigenvalue weighted by Gasteiger charge is -2.07. The van der Waals surface area contributed by atoms with Crippen molar-refractivity contribution in [1.82, 2.24) is 15.1 Å². The van der Waals surface area contributed by atoms with Gasteiger partial charge in [0.2, 0.25) is 5.91 Å². The molecule has 0 atom stereocenters. The van der Waals surface area contributed by atoms with Crippen LogP contribution in [0.15, 0.2) is 36.7 Å². The minimum atomic E-state index is -1.04. The summed E-state index contributed by atoms with van der Waals surface area (Å²) >= 11 is 5.99. The van der Waals surface area contributed by atoms with Gasteiger partial charge in [-0.05, 0) is 11.6 Å². The van der Waals surface area contributed by atoms with E-state index in [0.717, 1.165) is 5.56 Å². The molecule has 0 spiro atoms. The fraction of sp³-hybridized carbons (Fsp3) is 0.214. The largest absolute Gasteiger partial charge is 0.478 e. The maximum atomic E-state index is 11.7. The number of carboxylic acids is 1. The van der Waals surface area contributed by atoms with Crippen molar-refractivity contribution in [2.45, 2.75) is 19.5 Å². The summed E-state index contributed by atoms with van der Waals surface area (Å²) in [5.41, 5.74) is 0.950. The molecule has 1 amide bonds. The Hall–Kier alpha value is -2.34. The highest BCUT2D eigenvalue weighted by atomic mass is 35.5. The number of carboxylic acid groups (broad SMARTS) is 1. The number of hydrogen-bond acceptors (Lipinski definition) is 3. The smallest absolute Gasteiger partial charge is 0.338 e. The minimum absolute atomic E-state index is 0.103. The van der Waals surface area contributed by atoms with E-state index >= 15 is 0 Å². The molecule has 21 heavy (non-hydrogen) atoms. The Balaban J connectivity index is 1.79. The topological polar surface area (TPSA) is 84.2 Å². The Kier molecular flexibility index (Phi) is 4.94. The van der Waals surface area contributed by atoms with Crippen molar-refractivity contribution in [2.75, 3.05) is 0 Å². The van der Waals surface area contributed by atoms with Gasteiger partial charge in [-0.1, -0.05) is 29.8 Å². The number of amides is 1. The van der Waals surface area contributed by atoms with Gasteiger partial charge in [-0.25, -0.2) is 4.79 Å². The third-order valence-corrected chi connectivity index (χ3v) is 3.25. The van der Waals surface area contributed by atoms with Gasteiger partial charge in [-0.3, -0.25) is 9.48 Å². The van der Waals surface area contributed by atoms with Crippen LogP contribution in [0.1, 0.15) is 22.3 Å². The minimum Gasteiger partial charge on any atom is -0.478 e. The summed E-state index contributed by atoms with van der Waals surface area (Å²) < 4.78 is 1.43. The Labute approximate surface area is 126 Å². The van der Waals surface area contributed by atoms with Gasteiger partial charge in [0.05, 0.1) is 11.8 Å². The molecule has 0 radical (unpaired) electrons. The molecule has 2 N–H and O–H groups in total. The lowest BCUT2D eigenvalue weighted by Crippen LogP contribution is -2.24. The molecule has 2 rings (SSSR count). The fourth-order valence-electron chi connectivity index (χ4n) is 1.74. The molecule has 0 unspecified atom stereocenters. The van der Waals surface area contributed by atoms with Crippen molar-refractivity contribution in [3.05, 3.63) is 52.8 Å². The molecule has 0 aliphatic carbocycles. The number of hydrogen-bond donors (Lipinski definition) is 2. The number of carbonyl (C=O) groups is 2. The van der Waals surface area contributed by atoms with Gasteiger partial charge >= 0.3 is 5.97 Å². The highest BCUT2D eigenvalue weighted by Gasteiger charge is 2.08. The van der Waals surface area contributed by atoms with Gasteiger partial charge < -0.3 is 10.4 Å². The van der Waals surface area contributed by atoms with E-state index in [4.69, 9.17) is 16.7 Å². The van der Waals surface area contributed by atoms with E-state index in [1.54, 1.807) is 6.07 Å². The molecule has 1 aromatic carbocycles. The summed E-state index contributed by atoms with van der Waals surface area (Å²) in [4.78, 5) is 22.4. The van der Waals surface area contributed by atoms with Crippen LogP contribution in [0.2, 0.25) is 5.02 Å². The van der Waals surface area contributed by atoms with Crippen LogP contribution >= 0.6 is 11.6 Å². The monoisotopic (exact) mass is 307 g/mol. The standard InChI is InChI=1S/C14H14ClN3O3/c15-12-4-2-1-3-10(12)7-16-13(19)5-6-18-9-11(8-17-18)14(20)21/h1-4,8-9H,5-7H2,(H,16,19)(H,20,21).